The lowest BCUT2D eigenvalue weighted by Gasteiger charge is -2.25. The number of hydrogen-bond acceptors (Lipinski definition) is 7. The summed E-state index contributed by atoms with van der Waals surface area (Å²) in [4.78, 5) is 73.3. The van der Waals surface area contributed by atoms with Crippen molar-refractivity contribution < 1.29 is 34.2 Å². The Balaban J connectivity index is 1.54. The van der Waals surface area contributed by atoms with E-state index in [-0.39, 0.29) is 25.7 Å². The maximum atomic E-state index is 13.6. The molecular formula is C31H35N7O7. The Kier molecular flexibility index (Phi) is 11.0. The molecular weight excluding hydrogens is 582 g/mol. The van der Waals surface area contributed by atoms with E-state index in [4.69, 9.17) is 5.73 Å². The number of H-pyrrole nitrogens is 2. The summed E-state index contributed by atoms with van der Waals surface area (Å²) in [7, 11) is 0. The zero-order chi connectivity index (χ0) is 32.3. The number of nitrogens with one attached hydrogen (secondary N) is 5. The van der Waals surface area contributed by atoms with Gasteiger partial charge < -0.3 is 41.9 Å². The van der Waals surface area contributed by atoms with Crippen LogP contribution in [0.3, 0.4) is 0 Å². The third-order valence-electron chi connectivity index (χ3n) is 7.24. The molecule has 14 heteroatoms. The highest BCUT2D eigenvalue weighted by atomic mass is 16.4. The molecule has 9 N–H and O–H groups in total. The minimum Gasteiger partial charge on any atom is -0.481 e. The first-order valence-electron chi connectivity index (χ1n) is 14.3. The molecule has 0 saturated heterocycles. The lowest BCUT2D eigenvalue weighted by atomic mass is 10.0. The van der Waals surface area contributed by atoms with Gasteiger partial charge in [-0.05, 0) is 30.0 Å². The maximum absolute atomic E-state index is 13.6. The summed E-state index contributed by atoms with van der Waals surface area (Å²) in [5.41, 5.74) is 8.83. The van der Waals surface area contributed by atoms with Crippen molar-refractivity contribution in [1.29, 1.82) is 0 Å². The molecule has 2 aromatic carbocycles. The van der Waals surface area contributed by atoms with Crippen LogP contribution < -0.4 is 21.7 Å². The van der Waals surface area contributed by atoms with Crippen LogP contribution in [0.5, 0.6) is 0 Å². The molecule has 0 saturated carbocycles. The first-order chi connectivity index (χ1) is 21.6. The molecule has 0 aliphatic carbocycles. The molecule has 2 heterocycles. The fourth-order valence-electron chi connectivity index (χ4n) is 4.87. The number of hydrogen-bond donors (Lipinski definition) is 8. The van der Waals surface area contributed by atoms with Crippen molar-refractivity contribution in [3.63, 3.8) is 0 Å². The lowest BCUT2D eigenvalue weighted by molar-refractivity contribution is -0.142. The van der Waals surface area contributed by atoms with Gasteiger partial charge in [0, 0.05) is 48.3 Å². The molecule has 4 atom stereocenters. The van der Waals surface area contributed by atoms with Gasteiger partial charge in [0.2, 0.25) is 17.7 Å². The summed E-state index contributed by atoms with van der Waals surface area (Å²) < 4.78 is 0. The monoisotopic (exact) mass is 617 g/mol. The summed E-state index contributed by atoms with van der Waals surface area (Å²) in [6.45, 7) is 0. The first kappa shape index (κ1) is 32.4. The number of amides is 3. The van der Waals surface area contributed by atoms with Gasteiger partial charge in [-0.2, -0.15) is 0 Å². The fourth-order valence-corrected chi connectivity index (χ4v) is 4.87. The SMILES string of the molecule is NC(Cc1ccccc1)C(=O)NC(CCC(=O)O)C(=O)NC(Cc1c[nH]c2ccccc12)C(=O)NC(Cc1cnc[nH]1)C(=O)O. The quantitative estimate of drug-likeness (QED) is 0.0880. The van der Waals surface area contributed by atoms with Crippen LogP contribution in [0, 0.1) is 0 Å². The standard InChI is InChI=1S/C31H35N7O7/c32-22(12-18-6-2-1-3-7-18)28(41)36-24(10-11-27(39)40)29(42)37-25(13-19-15-34-23-9-5-4-8-21(19)23)30(43)38-26(31(44)45)14-20-16-33-17-35-20/h1-9,15-17,22,24-26,34H,10-14,32H2,(H,33,35)(H,36,41)(H,37,42)(H,38,43)(H,39,40)(H,44,45). The van der Waals surface area contributed by atoms with Crippen LogP contribution in [-0.2, 0) is 43.2 Å². The van der Waals surface area contributed by atoms with E-state index in [1.807, 2.05) is 30.3 Å². The third-order valence-corrected chi connectivity index (χ3v) is 7.24. The Bertz CT molecular complexity index is 1620. The van der Waals surface area contributed by atoms with Gasteiger partial charge in [0.1, 0.15) is 18.1 Å². The molecule has 0 aliphatic rings. The van der Waals surface area contributed by atoms with Gasteiger partial charge in [0.25, 0.3) is 0 Å². The van der Waals surface area contributed by atoms with Crippen LogP contribution in [0.15, 0.2) is 73.3 Å². The Morgan fingerprint density at radius 2 is 1.44 bits per heavy atom. The van der Waals surface area contributed by atoms with Crippen molar-refractivity contribution in [2.45, 2.75) is 56.3 Å². The number of carbonyl (C=O) groups is 5. The number of benzene rings is 2. The highest BCUT2D eigenvalue weighted by Gasteiger charge is 2.31. The van der Waals surface area contributed by atoms with Crippen LogP contribution in [0.1, 0.15) is 29.7 Å². The van der Waals surface area contributed by atoms with E-state index in [1.165, 1.54) is 12.5 Å². The Hall–Kier alpha value is -5.50. The highest BCUT2D eigenvalue weighted by molar-refractivity contribution is 5.95. The summed E-state index contributed by atoms with van der Waals surface area (Å²) in [6.07, 6.45) is 3.83. The van der Waals surface area contributed by atoms with Crippen molar-refractivity contribution >= 4 is 40.6 Å². The van der Waals surface area contributed by atoms with Crippen LogP contribution in [0.4, 0.5) is 0 Å². The average Bonchev–Trinajstić information content (AvgIpc) is 3.68. The summed E-state index contributed by atoms with van der Waals surface area (Å²) in [5, 5.41) is 27.5. The van der Waals surface area contributed by atoms with Crippen molar-refractivity contribution in [1.82, 2.24) is 30.9 Å². The number of aliphatic carboxylic acids is 2. The zero-order valence-electron chi connectivity index (χ0n) is 24.2. The lowest BCUT2D eigenvalue weighted by Crippen LogP contribution is -2.58. The van der Waals surface area contributed by atoms with E-state index in [0.717, 1.165) is 16.5 Å². The van der Waals surface area contributed by atoms with Gasteiger partial charge in [0.05, 0.1) is 12.4 Å². The molecule has 4 rings (SSSR count). The maximum Gasteiger partial charge on any atom is 0.326 e. The van der Waals surface area contributed by atoms with Crippen molar-refractivity contribution in [3.05, 3.63) is 90.1 Å². The number of nitrogens with two attached hydrogens (primary N) is 1. The number of aromatic nitrogens is 3. The molecule has 4 aromatic rings. The number of aromatic amines is 2. The molecule has 14 nitrogen and oxygen atoms in total. The molecule has 0 spiro atoms. The molecule has 0 bridgehead atoms. The van der Waals surface area contributed by atoms with Crippen LogP contribution in [0.2, 0.25) is 0 Å². The topological polar surface area (TPSA) is 232 Å². The predicted octanol–water partition coefficient (Wildman–Crippen LogP) is 0.650. The van der Waals surface area contributed by atoms with Gasteiger partial charge >= 0.3 is 11.9 Å². The van der Waals surface area contributed by atoms with Gasteiger partial charge in [0.15, 0.2) is 0 Å². The molecule has 2 aromatic heterocycles. The van der Waals surface area contributed by atoms with E-state index >= 15 is 0 Å². The van der Waals surface area contributed by atoms with Crippen molar-refractivity contribution in [2.24, 2.45) is 5.73 Å². The van der Waals surface area contributed by atoms with Crippen molar-refractivity contribution in [2.75, 3.05) is 0 Å². The number of fused-ring (bicyclic) bond motifs is 1. The number of carbonyl (C=O) groups excluding carboxylic acids is 3. The normalized spacial score (nSPS) is 13.7. The Labute approximate surface area is 257 Å². The summed E-state index contributed by atoms with van der Waals surface area (Å²) in [6, 6.07) is 11.3. The minimum absolute atomic E-state index is 0.0366. The van der Waals surface area contributed by atoms with Crippen LogP contribution >= 0.6 is 0 Å². The second kappa shape index (κ2) is 15.3. The molecule has 45 heavy (non-hydrogen) atoms. The van der Waals surface area contributed by atoms with Gasteiger partial charge in [-0.1, -0.05) is 48.5 Å². The number of carboxylic acid groups (broad SMARTS) is 2. The van der Waals surface area contributed by atoms with Crippen molar-refractivity contribution in [3.8, 4) is 0 Å². The molecule has 4 unspecified atom stereocenters. The Morgan fingerprint density at radius 1 is 0.778 bits per heavy atom. The van der Waals surface area contributed by atoms with Gasteiger partial charge in [-0.3, -0.25) is 19.2 Å². The number of nitrogens with zero attached hydrogens (tertiary/aromatic N) is 1. The van der Waals surface area contributed by atoms with E-state index in [9.17, 15) is 34.2 Å². The fraction of sp³-hybridized carbons (Fsp3) is 0.290. The Morgan fingerprint density at radius 3 is 2.13 bits per heavy atom. The van der Waals surface area contributed by atoms with Gasteiger partial charge in [-0.25, -0.2) is 9.78 Å². The molecule has 0 aliphatic heterocycles. The highest BCUT2D eigenvalue weighted by Crippen LogP contribution is 2.19. The second-order valence-corrected chi connectivity index (χ2v) is 10.6. The van der Waals surface area contributed by atoms with Crippen LogP contribution in [-0.4, -0.2) is 79.0 Å². The van der Waals surface area contributed by atoms with E-state index in [2.05, 4.69) is 30.9 Å². The molecule has 236 valence electrons. The zero-order valence-corrected chi connectivity index (χ0v) is 24.2. The smallest absolute Gasteiger partial charge is 0.326 e. The number of carboxylic acids is 2. The average molecular weight is 618 g/mol. The van der Waals surface area contributed by atoms with E-state index < -0.39 is 60.2 Å². The third kappa shape index (κ3) is 9.24. The van der Waals surface area contributed by atoms with Crippen LogP contribution in [0.25, 0.3) is 10.9 Å². The number of para-hydroxylation sites is 1. The van der Waals surface area contributed by atoms with E-state index in [0.29, 0.717) is 11.3 Å². The predicted molar refractivity (Wildman–Crippen MR) is 163 cm³/mol. The largest absolute Gasteiger partial charge is 0.481 e. The summed E-state index contributed by atoms with van der Waals surface area (Å²) >= 11 is 0. The second-order valence-electron chi connectivity index (χ2n) is 10.6. The number of imidazole rings is 1. The molecule has 0 radical (unpaired) electrons. The minimum atomic E-state index is -1.35. The van der Waals surface area contributed by atoms with E-state index in [1.54, 1.807) is 30.5 Å². The first-order valence-corrected chi connectivity index (χ1v) is 14.3. The molecule has 3 amide bonds. The summed E-state index contributed by atoms with van der Waals surface area (Å²) in [5.74, 6) is -4.77. The van der Waals surface area contributed by atoms with Gasteiger partial charge in [-0.15, -0.1) is 0 Å². The molecule has 0 fully saturated rings. The number of rotatable bonds is 16.